The lowest BCUT2D eigenvalue weighted by Crippen LogP contribution is -2.21. The molecule has 12 heteroatoms. The molecule has 2 saturated carbocycles. The molecule has 2 aliphatic carbocycles. The summed E-state index contributed by atoms with van der Waals surface area (Å²) in [7, 11) is 0. The van der Waals surface area contributed by atoms with E-state index in [9.17, 15) is 14.7 Å². The summed E-state index contributed by atoms with van der Waals surface area (Å²) >= 11 is 7.19. The van der Waals surface area contributed by atoms with Gasteiger partial charge in [-0.2, -0.15) is 10.2 Å². The Morgan fingerprint density at radius 2 is 1.05 bits per heavy atom. The number of nitrogens with zero attached hydrogens (tertiary/aromatic N) is 4. The molecule has 0 spiro atoms. The lowest BCUT2D eigenvalue weighted by molar-refractivity contribution is 0.0106. The van der Waals surface area contributed by atoms with Crippen molar-refractivity contribution >= 4 is 54.8 Å². The Bertz CT molecular complexity index is 2350. The molecule has 304 valence electrons. The van der Waals surface area contributed by atoms with Gasteiger partial charge in [0.1, 0.15) is 11.1 Å². The number of hydrogen-bond donors (Lipinski definition) is 1. The van der Waals surface area contributed by atoms with Gasteiger partial charge in [-0.3, -0.25) is 0 Å². The Balaban J connectivity index is 0.000000177. The van der Waals surface area contributed by atoms with Crippen LogP contribution >= 0.6 is 31.9 Å². The summed E-state index contributed by atoms with van der Waals surface area (Å²) in [5, 5.41) is 18.5. The van der Waals surface area contributed by atoms with E-state index in [-0.39, 0.29) is 23.7 Å². The van der Waals surface area contributed by atoms with Crippen LogP contribution in [0.4, 0.5) is 0 Å². The fourth-order valence-electron chi connectivity index (χ4n) is 8.46. The maximum Gasteiger partial charge on any atom is 0.342 e. The Kier molecular flexibility index (Phi) is 13.8. The fourth-order valence-corrected chi connectivity index (χ4v) is 9.29. The molecule has 0 aliphatic heterocycles. The number of hydrogen-bond acceptors (Lipinski definition) is 7. The smallest absolute Gasteiger partial charge is 0.342 e. The van der Waals surface area contributed by atoms with E-state index in [1.165, 1.54) is 11.1 Å². The molecule has 1 N–H and O–H groups in total. The molecule has 4 heterocycles. The Morgan fingerprint density at radius 1 is 0.638 bits per heavy atom. The van der Waals surface area contributed by atoms with E-state index < -0.39 is 5.97 Å². The number of esters is 1. The van der Waals surface area contributed by atoms with E-state index in [0.29, 0.717) is 54.1 Å². The minimum Gasteiger partial charge on any atom is -0.478 e. The number of aromatic nitrogens is 4. The molecule has 0 radical (unpaired) electrons. The fraction of sp³-hybridized carbons (Fsp3) is 0.391. The van der Waals surface area contributed by atoms with E-state index in [0.717, 1.165) is 77.2 Å². The number of pyridine rings is 2. The highest BCUT2D eigenvalue weighted by molar-refractivity contribution is 9.10. The molecule has 2 fully saturated rings. The van der Waals surface area contributed by atoms with Crippen molar-refractivity contribution in [1.82, 2.24) is 19.2 Å². The van der Waals surface area contributed by atoms with Crippen LogP contribution in [0.15, 0.2) is 93.9 Å². The number of carbonyl (C=O) groups is 2. The van der Waals surface area contributed by atoms with Gasteiger partial charge in [0, 0.05) is 8.95 Å². The number of aromatic carboxylic acids is 1. The first-order chi connectivity index (χ1) is 28.1. The highest BCUT2D eigenvalue weighted by atomic mass is 79.9. The molecule has 6 aromatic rings. The molecule has 0 atom stereocenters. The SMILES string of the molecule is CCOC(=O)c1c(C)nn2c(CO[C@H]3CC[C@@H](c4ccccc4)CC3)c(Br)ccc12.Cc1nn2c(CO[C@H]3CC[C@@H](c4ccccc4)CC3)c(Br)ccc2c1C(=O)O. The summed E-state index contributed by atoms with van der Waals surface area (Å²) in [5.74, 6) is -0.0513. The summed E-state index contributed by atoms with van der Waals surface area (Å²) in [4.78, 5) is 23.9. The van der Waals surface area contributed by atoms with Gasteiger partial charge in [0.2, 0.25) is 0 Å². The molecule has 8 rings (SSSR count). The number of carbonyl (C=O) groups excluding carboxylic acids is 1. The van der Waals surface area contributed by atoms with Crippen LogP contribution in [0.1, 0.15) is 125 Å². The predicted octanol–water partition coefficient (Wildman–Crippen LogP) is 11.2. The average molecular weight is 915 g/mol. The van der Waals surface area contributed by atoms with Gasteiger partial charge in [0.15, 0.2) is 0 Å². The second-order valence-electron chi connectivity index (χ2n) is 15.2. The molecular formula is C46H50Br2N4O6. The maximum absolute atomic E-state index is 12.4. The minimum atomic E-state index is -0.957. The summed E-state index contributed by atoms with van der Waals surface area (Å²) in [6.45, 7) is 6.55. The number of halogens is 2. The Hall–Kier alpha value is -4.36. The van der Waals surface area contributed by atoms with Crippen molar-refractivity contribution in [3.8, 4) is 0 Å². The number of carboxylic acid groups (broad SMARTS) is 1. The van der Waals surface area contributed by atoms with Crippen LogP contribution in [0.3, 0.4) is 0 Å². The third-order valence-corrected chi connectivity index (χ3v) is 13.0. The van der Waals surface area contributed by atoms with Crippen LogP contribution in [0, 0.1) is 13.8 Å². The number of fused-ring (bicyclic) bond motifs is 2. The van der Waals surface area contributed by atoms with Gasteiger partial charge in [-0.15, -0.1) is 0 Å². The number of rotatable bonds is 11. The van der Waals surface area contributed by atoms with Crippen molar-refractivity contribution in [2.24, 2.45) is 0 Å². The van der Waals surface area contributed by atoms with E-state index >= 15 is 0 Å². The van der Waals surface area contributed by atoms with Crippen LogP contribution < -0.4 is 0 Å². The monoisotopic (exact) mass is 912 g/mol. The number of carboxylic acids is 1. The predicted molar refractivity (Wildman–Crippen MR) is 231 cm³/mol. The van der Waals surface area contributed by atoms with E-state index in [4.69, 9.17) is 14.2 Å². The highest BCUT2D eigenvalue weighted by Crippen LogP contribution is 2.36. The van der Waals surface area contributed by atoms with Gasteiger partial charge < -0.3 is 19.3 Å². The van der Waals surface area contributed by atoms with Crippen molar-refractivity contribution in [3.05, 3.63) is 139 Å². The van der Waals surface area contributed by atoms with Crippen LogP contribution in [-0.2, 0) is 27.4 Å². The zero-order valence-corrected chi connectivity index (χ0v) is 36.4. The van der Waals surface area contributed by atoms with Crippen molar-refractivity contribution in [3.63, 3.8) is 0 Å². The van der Waals surface area contributed by atoms with Gasteiger partial charge in [0.25, 0.3) is 0 Å². The van der Waals surface area contributed by atoms with E-state index in [2.05, 4.69) is 103 Å². The standard InChI is InChI=1S/C24H27BrN2O3.C22H23BrN2O3/c1-3-29-24(28)23-16(2)26-27-21(23)14-13-20(25)22(27)15-30-19-11-9-18(10-12-19)17-7-5-4-6-8-17;1-14-21(22(26)27)19-12-11-18(23)20(25(19)24-14)13-28-17-9-7-16(8-10-17)15-5-3-2-4-6-15/h4-8,13-14,18-19H,3,9-12,15H2,1-2H3;2-6,11-12,16-17H,7-10,13H2,1H3,(H,26,27)/t18-,19+;16-,17+. The lowest BCUT2D eigenvalue weighted by atomic mass is 9.83. The molecule has 4 aromatic heterocycles. The van der Waals surface area contributed by atoms with Gasteiger partial charge in [-0.05, 0) is 151 Å². The normalized spacial score (nSPS) is 19.5. The van der Waals surface area contributed by atoms with Crippen LogP contribution in [0.2, 0.25) is 0 Å². The van der Waals surface area contributed by atoms with Gasteiger partial charge in [-0.25, -0.2) is 18.6 Å². The average Bonchev–Trinajstić information content (AvgIpc) is 3.77. The number of benzene rings is 2. The van der Waals surface area contributed by atoms with Gasteiger partial charge >= 0.3 is 11.9 Å². The molecule has 2 aromatic carbocycles. The molecule has 0 saturated heterocycles. The van der Waals surface area contributed by atoms with Crippen LogP contribution in [0.5, 0.6) is 0 Å². The summed E-state index contributed by atoms with van der Waals surface area (Å²) in [5.41, 5.74) is 7.90. The van der Waals surface area contributed by atoms with Gasteiger partial charge in [-0.1, -0.05) is 60.7 Å². The third-order valence-electron chi connectivity index (χ3n) is 11.5. The van der Waals surface area contributed by atoms with Crippen molar-refractivity contribution in [2.45, 2.75) is 109 Å². The van der Waals surface area contributed by atoms with E-state index in [1.54, 1.807) is 28.9 Å². The third kappa shape index (κ3) is 9.41. The first kappa shape index (κ1) is 41.8. The number of aryl methyl sites for hydroxylation is 2. The Morgan fingerprint density at radius 3 is 1.47 bits per heavy atom. The summed E-state index contributed by atoms with van der Waals surface area (Å²) in [6, 6.07) is 28.9. The second-order valence-corrected chi connectivity index (χ2v) is 16.9. The number of ether oxygens (including phenoxy) is 3. The molecular weight excluding hydrogens is 864 g/mol. The van der Waals surface area contributed by atoms with Crippen LogP contribution in [-0.4, -0.2) is 55.1 Å². The lowest BCUT2D eigenvalue weighted by Gasteiger charge is -2.29. The first-order valence-corrected chi connectivity index (χ1v) is 21.8. The van der Waals surface area contributed by atoms with Crippen molar-refractivity contribution in [2.75, 3.05) is 6.61 Å². The molecule has 0 bridgehead atoms. The zero-order chi connectivity index (χ0) is 40.8. The molecule has 0 unspecified atom stereocenters. The first-order valence-electron chi connectivity index (χ1n) is 20.2. The molecule has 0 amide bonds. The molecule has 58 heavy (non-hydrogen) atoms. The molecule has 10 nitrogen and oxygen atoms in total. The maximum atomic E-state index is 12.4. The second kappa shape index (κ2) is 19.1. The summed E-state index contributed by atoms with van der Waals surface area (Å²) in [6.07, 6.45) is 9.19. The zero-order valence-electron chi connectivity index (χ0n) is 33.2. The van der Waals surface area contributed by atoms with Crippen LogP contribution in [0.25, 0.3) is 11.0 Å². The summed E-state index contributed by atoms with van der Waals surface area (Å²) < 4.78 is 23.0. The Labute approximate surface area is 356 Å². The largest absolute Gasteiger partial charge is 0.478 e. The van der Waals surface area contributed by atoms with Gasteiger partial charge in [0.05, 0.1) is 65.8 Å². The van der Waals surface area contributed by atoms with Crippen molar-refractivity contribution < 1.29 is 28.9 Å². The highest BCUT2D eigenvalue weighted by Gasteiger charge is 2.26. The molecule has 2 aliphatic rings. The van der Waals surface area contributed by atoms with Crippen molar-refractivity contribution in [1.29, 1.82) is 0 Å². The minimum absolute atomic E-state index is 0.220. The quantitative estimate of drug-likeness (QED) is 0.128. The topological polar surface area (TPSA) is 117 Å². The van der Waals surface area contributed by atoms with E-state index in [1.807, 2.05) is 25.1 Å².